The van der Waals surface area contributed by atoms with Gasteiger partial charge in [0.1, 0.15) is 18.1 Å². The molecule has 1 heterocycles. The maximum absolute atomic E-state index is 13.4. The number of carbonyl (C=O) groups is 5. The Morgan fingerprint density at radius 1 is 0.795 bits per heavy atom. The molecule has 3 aromatic rings. The van der Waals surface area contributed by atoms with Crippen molar-refractivity contribution < 1.29 is 34.2 Å². The van der Waals surface area contributed by atoms with Crippen molar-refractivity contribution >= 4 is 40.6 Å². The molecule has 12 nitrogen and oxygen atoms in total. The lowest BCUT2D eigenvalue weighted by Crippen LogP contribution is -2.57. The summed E-state index contributed by atoms with van der Waals surface area (Å²) in [6.45, 7) is -0.346. The first-order chi connectivity index (χ1) is 18.7. The number of para-hydroxylation sites is 1. The third kappa shape index (κ3) is 8.40. The molecule has 3 atom stereocenters. The molecular weight excluding hydrogens is 506 g/mol. The maximum Gasteiger partial charge on any atom is 0.326 e. The molecule has 39 heavy (non-hydrogen) atoms. The van der Waals surface area contributed by atoms with Crippen LogP contribution in [0.4, 0.5) is 0 Å². The molecule has 0 saturated carbocycles. The fourth-order valence-electron chi connectivity index (χ4n) is 4.11. The highest BCUT2D eigenvalue weighted by Gasteiger charge is 2.30. The van der Waals surface area contributed by atoms with E-state index in [2.05, 4.69) is 20.9 Å². The van der Waals surface area contributed by atoms with Crippen molar-refractivity contribution in [3.63, 3.8) is 0 Å². The number of nitrogens with two attached hydrogens (primary N) is 1. The van der Waals surface area contributed by atoms with Crippen molar-refractivity contribution in [3.05, 3.63) is 71.9 Å². The number of amides is 3. The van der Waals surface area contributed by atoms with Gasteiger partial charge in [-0.15, -0.1) is 0 Å². The van der Waals surface area contributed by atoms with Crippen LogP contribution in [-0.4, -0.2) is 69.5 Å². The van der Waals surface area contributed by atoms with Gasteiger partial charge in [-0.05, 0) is 23.6 Å². The number of carboxylic acid groups (broad SMARTS) is 2. The van der Waals surface area contributed by atoms with E-state index in [0.29, 0.717) is 5.56 Å². The summed E-state index contributed by atoms with van der Waals surface area (Å²) in [7, 11) is 0. The van der Waals surface area contributed by atoms with E-state index in [1.807, 2.05) is 30.3 Å². The molecular formula is C27H31N5O7. The number of benzene rings is 2. The van der Waals surface area contributed by atoms with E-state index in [-0.39, 0.29) is 25.8 Å². The zero-order valence-electron chi connectivity index (χ0n) is 21.1. The van der Waals surface area contributed by atoms with E-state index >= 15 is 0 Å². The molecule has 12 heteroatoms. The zero-order valence-corrected chi connectivity index (χ0v) is 21.1. The van der Waals surface area contributed by atoms with Crippen LogP contribution in [-0.2, 0) is 36.8 Å². The molecule has 0 aliphatic carbocycles. The van der Waals surface area contributed by atoms with E-state index in [0.717, 1.165) is 16.5 Å². The van der Waals surface area contributed by atoms with Gasteiger partial charge in [0.25, 0.3) is 0 Å². The van der Waals surface area contributed by atoms with Crippen molar-refractivity contribution in [2.45, 2.75) is 43.8 Å². The molecule has 0 radical (unpaired) electrons. The second-order valence-corrected chi connectivity index (χ2v) is 8.97. The van der Waals surface area contributed by atoms with Crippen molar-refractivity contribution in [1.82, 2.24) is 20.9 Å². The Morgan fingerprint density at radius 3 is 2.05 bits per heavy atom. The first-order valence-electron chi connectivity index (χ1n) is 12.3. The topological polar surface area (TPSA) is 204 Å². The second-order valence-electron chi connectivity index (χ2n) is 8.97. The number of aromatic amines is 1. The number of carboxylic acids is 2. The lowest BCUT2D eigenvalue weighted by atomic mass is 10.0. The van der Waals surface area contributed by atoms with Crippen molar-refractivity contribution in [1.29, 1.82) is 0 Å². The number of fused-ring (bicyclic) bond motifs is 1. The van der Waals surface area contributed by atoms with Crippen LogP contribution in [0.1, 0.15) is 24.0 Å². The molecule has 8 N–H and O–H groups in total. The maximum atomic E-state index is 13.4. The van der Waals surface area contributed by atoms with Crippen LogP contribution in [0.25, 0.3) is 10.9 Å². The summed E-state index contributed by atoms with van der Waals surface area (Å²) in [4.78, 5) is 64.5. The van der Waals surface area contributed by atoms with Gasteiger partial charge in [-0.25, -0.2) is 4.79 Å². The van der Waals surface area contributed by atoms with Crippen LogP contribution < -0.4 is 21.7 Å². The van der Waals surface area contributed by atoms with E-state index in [1.54, 1.807) is 30.5 Å². The van der Waals surface area contributed by atoms with Gasteiger partial charge in [0, 0.05) is 36.4 Å². The van der Waals surface area contributed by atoms with Crippen LogP contribution in [0.3, 0.4) is 0 Å². The molecule has 3 amide bonds. The number of hydrogen-bond acceptors (Lipinski definition) is 6. The van der Waals surface area contributed by atoms with Crippen LogP contribution in [0.2, 0.25) is 0 Å². The highest BCUT2D eigenvalue weighted by Crippen LogP contribution is 2.19. The molecule has 2 aromatic carbocycles. The molecule has 3 unspecified atom stereocenters. The largest absolute Gasteiger partial charge is 0.481 e. The average Bonchev–Trinajstić information content (AvgIpc) is 3.33. The SMILES string of the molecule is NCC(=O)NC(Cc1ccccc1)C(=O)NC(Cc1c[nH]c2ccccc12)C(=O)NC(CCC(=O)O)C(=O)O. The molecule has 0 aliphatic rings. The number of hydrogen-bond donors (Lipinski definition) is 7. The Morgan fingerprint density at radius 2 is 1.41 bits per heavy atom. The lowest BCUT2D eigenvalue weighted by Gasteiger charge is -2.24. The van der Waals surface area contributed by atoms with E-state index in [1.165, 1.54) is 0 Å². The molecule has 0 aliphatic heterocycles. The van der Waals surface area contributed by atoms with E-state index in [9.17, 15) is 29.1 Å². The Bertz CT molecular complexity index is 1320. The standard InChI is InChI=1S/C27H31N5O7/c28-14-23(33)30-21(12-16-6-2-1-3-7-16)25(36)32-22(13-17-15-29-19-9-5-4-8-18(17)19)26(37)31-20(27(38)39)10-11-24(34)35/h1-9,15,20-22,29H,10-14,28H2,(H,30,33)(H,31,37)(H,32,36)(H,34,35)(H,38,39). The summed E-state index contributed by atoms with van der Waals surface area (Å²) in [5.74, 6) is -4.66. The first kappa shape index (κ1) is 28.9. The Hall–Kier alpha value is -4.71. The third-order valence-electron chi connectivity index (χ3n) is 6.11. The molecule has 0 fully saturated rings. The first-order valence-corrected chi connectivity index (χ1v) is 12.3. The highest BCUT2D eigenvalue weighted by atomic mass is 16.4. The van der Waals surface area contributed by atoms with Crippen LogP contribution in [0.15, 0.2) is 60.8 Å². The van der Waals surface area contributed by atoms with Crippen molar-refractivity contribution in [2.75, 3.05) is 6.54 Å². The Balaban J connectivity index is 1.87. The Labute approximate surface area is 224 Å². The van der Waals surface area contributed by atoms with Crippen LogP contribution >= 0.6 is 0 Å². The minimum Gasteiger partial charge on any atom is -0.481 e. The number of rotatable bonds is 14. The summed E-state index contributed by atoms with van der Waals surface area (Å²) >= 11 is 0. The van der Waals surface area contributed by atoms with Crippen LogP contribution in [0, 0.1) is 0 Å². The average molecular weight is 538 g/mol. The molecule has 0 bridgehead atoms. The monoisotopic (exact) mass is 537 g/mol. The molecule has 0 saturated heterocycles. The number of H-pyrrole nitrogens is 1. The minimum atomic E-state index is -1.48. The summed E-state index contributed by atoms with van der Waals surface area (Å²) in [6, 6.07) is 12.5. The predicted molar refractivity (Wildman–Crippen MR) is 142 cm³/mol. The third-order valence-corrected chi connectivity index (χ3v) is 6.11. The second kappa shape index (κ2) is 13.7. The fourth-order valence-corrected chi connectivity index (χ4v) is 4.11. The lowest BCUT2D eigenvalue weighted by molar-refractivity contribution is -0.143. The summed E-state index contributed by atoms with van der Waals surface area (Å²) in [5, 5.41) is 26.8. The van der Waals surface area contributed by atoms with Gasteiger partial charge in [-0.3, -0.25) is 19.2 Å². The summed E-state index contributed by atoms with van der Waals surface area (Å²) < 4.78 is 0. The van der Waals surface area contributed by atoms with Gasteiger partial charge in [-0.1, -0.05) is 48.5 Å². The van der Waals surface area contributed by atoms with Gasteiger partial charge in [-0.2, -0.15) is 0 Å². The quantitative estimate of drug-likeness (QED) is 0.152. The van der Waals surface area contributed by atoms with Crippen LogP contribution in [0.5, 0.6) is 0 Å². The smallest absolute Gasteiger partial charge is 0.326 e. The summed E-state index contributed by atoms with van der Waals surface area (Å²) in [6.07, 6.45) is 0.994. The van der Waals surface area contributed by atoms with Crippen molar-refractivity contribution in [2.24, 2.45) is 5.73 Å². The highest BCUT2D eigenvalue weighted by molar-refractivity contribution is 5.94. The Kier molecular flexibility index (Phi) is 10.2. The van der Waals surface area contributed by atoms with Gasteiger partial charge >= 0.3 is 11.9 Å². The van der Waals surface area contributed by atoms with Gasteiger partial charge in [0.15, 0.2) is 0 Å². The van der Waals surface area contributed by atoms with Gasteiger partial charge in [0.2, 0.25) is 17.7 Å². The molecule has 3 rings (SSSR count). The number of aromatic nitrogens is 1. The number of carbonyl (C=O) groups excluding carboxylic acids is 3. The summed E-state index contributed by atoms with van der Waals surface area (Å²) in [5.41, 5.74) is 7.68. The fraction of sp³-hybridized carbons (Fsp3) is 0.296. The van der Waals surface area contributed by atoms with Gasteiger partial charge < -0.3 is 36.9 Å². The molecule has 1 aromatic heterocycles. The van der Waals surface area contributed by atoms with E-state index in [4.69, 9.17) is 10.8 Å². The predicted octanol–water partition coefficient (Wildman–Crippen LogP) is 0.316. The molecule has 0 spiro atoms. The van der Waals surface area contributed by atoms with Crippen molar-refractivity contribution in [3.8, 4) is 0 Å². The molecule has 206 valence electrons. The van der Waals surface area contributed by atoms with Gasteiger partial charge in [0.05, 0.1) is 6.54 Å². The van der Waals surface area contributed by atoms with E-state index < -0.39 is 54.2 Å². The normalized spacial score (nSPS) is 13.2. The number of nitrogens with one attached hydrogen (secondary N) is 4. The number of aliphatic carboxylic acids is 2. The minimum absolute atomic E-state index is 0.00422. The zero-order chi connectivity index (χ0) is 28.4.